The summed E-state index contributed by atoms with van der Waals surface area (Å²) in [4.78, 5) is 10.7. The van der Waals surface area contributed by atoms with Gasteiger partial charge in [0.25, 0.3) is 0 Å². The van der Waals surface area contributed by atoms with Gasteiger partial charge in [-0.25, -0.2) is 0 Å². The molecule has 0 aliphatic rings. The van der Waals surface area contributed by atoms with Crippen molar-refractivity contribution in [2.24, 2.45) is 5.73 Å². The van der Waals surface area contributed by atoms with Crippen LogP contribution < -0.4 is 11.1 Å². The number of hydrogen-bond acceptors (Lipinski definition) is 3. The molecule has 1 rings (SSSR count). The number of nitrogens with two attached hydrogens (primary N) is 1. The number of nitrogens with one attached hydrogen (secondary N) is 1. The molecule has 0 fully saturated rings. The molecule has 0 radical (unpaired) electrons. The summed E-state index contributed by atoms with van der Waals surface area (Å²) in [6.45, 7) is 2.01. The fraction of sp³-hybridized carbons (Fsp3) is 0.417. The zero-order chi connectivity index (χ0) is 12.1. The molecule has 4 heteroatoms. The van der Waals surface area contributed by atoms with Crippen molar-refractivity contribution >= 4 is 5.97 Å². The Labute approximate surface area is 95.5 Å². The van der Waals surface area contributed by atoms with Crippen LogP contribution in [0, 0.1) is 6.92 Å². The van der Waals surface area contributed by atoms with Crippen LogP contribution in [0.15, 0.2) is 24.3 Å². The maximum absolute atomic E-state index is 10.7. The van der Waals surface area contributed by atoms with Gasteiger partial charge in [0.1, 0.15) is 6.04 Å². The van der Waals surface area contributed by atoms with E-state index in [9.17, 15) is 4.79 Å². The number of hydrogen-bond donors (Lipinski definition) is 3. The Hall–Kier alpha value is -1.39. The van der Waals surface area contributed by atoms with Crippen LogP contribution in [0.25, 0.3) is 0 Å². The second-order valence-corrected chi connectivity index (χ2v) is 3.88. The van der Waals surface area contributed by atoms with Crippen LogP contribution in [0.4, 0.5) is 0 Å². The van der Waals surface area contributed by atoms with Gasteiger partial charge < -0.3 is 16.2 Å². The average Bonchev–Trinajstić information content (AvgIpc) is 2.26. The van der Waals surface area contributed by atoms with Crippen LogP contribution >= 0.6 is 0 Å². The lowest BCUT2D eigenvalue weighted by Crippen LogP contribution is -2.35. The average molecular weight is 222 g/mol. The first kappa shape index (κ1) is 12.7. The second kappa shape index (κ2) is 5.63. The third-order valence-electron chi connectivity index (χ3n) is 2.72. The van der Waals surface area contributed by atoms with Gasteiger partial charge in [0, 0.05) is 6.04 Å². The highest BCUT2D eigenvalue weighted by Crippen LogP contribution is 2.21. The van der Waals surface area contributed by atoms with E-state index in [0.717, 1.165) is 11.1 Å². The second-order valence-electron chi connectivity index (χ2n) is 3.88. The molecule has 4 N–H and O–H groups in total. The van der Waals surface area contributed by atoms with E-state index in [0.29, 0.717) is 6.42 Å². The van der Waals surface area contributed by atoms with Crippen LogP contribution in [-0.2, 0) is 4.79 Å². The molecule has 0 aliphatic heterocycles. The number of rotatable bonds is 5. The molecule has 0 heterocycles. The minimum Gasteiger partial charge on any atom is -0.480 e. The molecule has 1 aromatic rings. The molecule has 16 heavy (non-hydrogen) atoms. The zero-order valence-corrected chi connectivity index (χ0v) is 9.60. The molecule has 0 saturated carbocycles. The normalized spacial score (nSPS) is 14.4. The largest absolute Gasteiger partial charge is 0.480 e. The highest BCUT2D eigenvalue weighted by Gasteiger charge is 2.19. The highest BCUT2D eigenvalue weighted by molar-refractivity contribution is 5.73. The standard InChI is InChI=1S/C12H18N2O2/c1-8-5-3-4-6-9(8)11(14-2)7-10(13)12(15)16/h3-6,10-11,14H,7,13H2,1-2H3,(H,15,16). The summed E-state index contributed by atoms with van der Waals surface area (Å²) >= 11 is 0. The van der Waals surface area contributed by atoms with Gasteiger partial charge in [-0.05, 0) is 31.5 Å². The van der Waals surface area contributed by atoms with Gasteiger partial charge in [-0.15, -0.1) is 0 Å². The van der Waals surface area contributed by atoms with Gasteiger partial charge in [-0.2, -0.15) is 0 Å². The summed E-state index contributed by atoms with van der Waals surface area (Å²) in [5, 5.41) is 11.9. The van der Waals surface area contributed by atoms with Gasteiger partial charge in [-0.1, -0.05) is 24.3 Å². The first-order chi connectivity index (χ1) is 7.56. The van der Waals surface area contributed by atoms with E-state index in [1.54, 1.807) is 0 Å². The Morgan fingerprint density at radius 2 is 2.12 bits per heavy atom. The molecule has 2 unspecified atom stereocenters. The van der Waals surface area contributed by atoms with E-state index in [-0.39, 0.29) is 6.04 Å². The van der Waals surface area contributed by atoms with Crippen LogP contribution in [0.1, 0.15) is 23.6 Å². The van der Waals surface area contributed by atoms with Gasteiger partial charge in [0.05, 0.1) is 0 Å². The molecular formula is C12H18N2O2. The molecule has 88 valence electrons. The summed E-state index contributed by atoms with van der Waals surface area (Å²) < 4.78 is 0. The summed E-state index contributed by atoms with van der Waals surface area (Å²) in [5.74, 6) is -0.964. The fourth-order valence-electron chi connectivity index (χ4n) is 1.73. The van der Waals surface area contributed by atoms with Gasteiger partial charge in [0.2, 0.25) is 0 Å². The third-order valence-corrected chi connectivity index (χ3v) is 2.72. The number of benzene rings is 1. The SMILES string of the molecule is CNC(CC(N)C(=O)O)c1ccccc1C. The predicted octanol–water partition coefficient (Wildman–Crippen LogP) is 1.06. The van der Waals surface area contributed by atoms with E-state index in [1.165, 1.54) is 0 Å². The maximum atomic E-state index is 10.7. The summed E-state index contributed by atoms with van der Waals surface area (Å²) in [7, 11) is 1.81. The van der Waals surface area contributed by atoms with Crippen molar-refractivity contribution in [3.05, 3.63) is 35.4 Å². The molecular weight excluding hydrogens is 204 g/mol. The van der Waals surface area contributed by atoms with Crippen molar-refractivity contribution in [3.63, 3.8) is 0 Å². The lowest BCUT2D eigenvalue weighted by Gasteiger charge is -2.20. The minimum absolute atomic E-state index is 0.0210. The van der Waals surface area contributed by atoms with Gasteiger partial charge in [0.15, 0.2) is 0 Å². The highest BCUT2D eigenvalue weighted by atomic mass is 16.4. The van der Waals surface area contributed by atoms with Crippen molar-refractivity contribution in [3.8, 4) is 0 Å². The van der Waals surface area contributed by atoms with Gasteiger partial charge >= 0.3 is 5.97 Å². The molecule has 0 spiro atoms. The Morgan fingerprint density at radius 1 is 1.50 bits per heavy atom. The zero-order valence-electron chi connectivity index (χ0n) is 9.60. The molecule has 4 nitrogen and oxygen atoms in total. The number of aliphatic carboxylic acids is 1. The van der Waals surface area contributed by atoms with Crippen LogP contribution in [-0.4, -0.2) is 24.2 Å². The fourth-order valence-corrected chi connectivity index (χ4v) is 1.73. The first-order valence-electron chi connectivity index (χ1n) is 5.27. The third kappa shape index (κ3) is 3.05. The monoisotopic (exact) mass is 222 g/mol. The lowest BCUT2D eigenvalue weighted by molar-refractivity contribution is -0.138. The molecule has 2 atom stereocenters. The Morgan fingerprint density at radius 3 is 2.62 bits per heavy atom. The van der Waals surface area contributed by atoms with Crippen LogP contribution in [0.2, 0.25) is 0 Å². The molecule has 0 amide bonds. The quantitative estimate of drug-likeness (QED) is 0.696. The summed E-state index contributed by atoms with van der Waals surface area (Å²) in [6, 6.07) is 7.04. The van der Waals surface area contributed by atoms with Crippen molar-refractivity contribution in [2.45, 2.75) is 25.4 Å². The molecule has 1 aromatic carbocycles. The van der Waals surface area contributed by atoms with E-state index in [1.807, 2.05) is 38.2 Å². The molecule has 0 aromatic heterocycles. The Balaban J connectivity index is 2.83. The van der Waals surface area contributed by atoms with Crippen LogP contribution in [0.3, 0.4) is 0 Å². The molecule has 0 saturated heterocycles. The number of aryl methyl sites for hydroxylation is 1. The van der Waals surface area contributed by atoms with E-state index in [2.05, 4.69) is 5.32 Å². The maximum Gasteiger partial charge on any atom is 0.320 e. The first-order valence-corrected chi connectivity index (χ1v) is 5.27. The van der Waals surface area contributed by atoms with Crippen molar-refractivity contribution in [2.75, 3.05) is 7.05 Å². The topological polar surface area (TPSA) is 75.3 Å². The smallest absolute Gasteiger partial charge is 0.320 e. The summed E-state index contributed by atoms with van der Waals surface area (Å²) in [5.41, 5.74) is 7.78. The van der Waals surface area contributed by atoms with Gasteiger partial charge in [-0.3, -0.25) is 4.79 Å². The van der Waals surface area contributed by atoms with Crippen molar-refractivity contribution in [1.29, 1.82) is 0 Å². The predicted molar refractivity (Wildman–Crippen MR) is 63.2 cm³/mol. The molecule has 0 bridgehead atoms. The lowest BCUT2D eigenvalue weighted by atomic mass is 9.96. The Kier molecular flexibility index (Phi) is 4.46. The Bertz CT molecular complexity index is 366. The van der Waals surface area contributed by atoms with E-state index >= 15 is 0 Å². The molecule has 0 aliphatic carbocycles. The van der Waals surface area contributed by atoms with Crippen molar-refractivity contribution in [1.82, 2.24) is 5.32 Å². The van der Waals surface area contributed by atoms with E-state index < -0.39 is 12.0 Å². The minimum atomic E-state index is -0.964. The van der Waals surface area contributed by atoms with E-state index in [4.69, 9.17) is 10.8 Å². The van der Waals surface area contributed by atoms with Crippen LogP contribution in [0.5, 0.6) is 0 Å². The number of carboxylic acids is 1. The van der Waals surface area contributed by atoms with Crippen molar-refractivity contribution < 1.29 is 9.90 Å². The summed E-state index contributed by atoms with van der Waals surface area (Å²) in [6.07, 6.45) is 0.386. The number of carbonyl (C=O) groups is 1. The number of carboxylic acid groups (broad SMARTS) is 1.